The van der Waals surface area contributed by atoms with Crippen LogP contribution in [0.25, 0.3) is 0 Å². The number of rotatable bonds is 6. The summed E-state index contributed by atoms with van der Waals surface area (Å²) >= 11 is 0. The van der Waals surface area contributed by atoms with Crippen LogP contribution in [-0.4, -0.2) is 24.6 Å². The van der Waals surface area contributed by atoms with Gasteiger partial charge in [-0.2, -0.15) is 0 Å². The van der Waals surface area contributed by atoms with E-state index >= 15 is 0 Å². The van der Waals surface area contributed by atoms with Crippen LogP contribution in [0.3, 0.4) is 0 Å². The van der Waals surface area contributed by atoms with Crippen LogP contribution in [0.1, 0.15) is 39.7 Å². The van der Waals surface area contributed by atoms with Gasteiger partial charge in [-0.3, -0.25) is 0 Å². The largest absolute Gasteiger partial charge is 0.356 e. The van der Waals surface area contributed by atoms with Crippen molar-refractivity contribution in [1.82, 2.24) is 10.3 Å². The Morgan fingerprint density at radius 1 is 1.38 bits per heavy atom. The lowest BCUT2D eigenvalue weighted by Crippen LogP contribution is -2.26. The van der Waals surface area contributed by atoms with Crippen molar-refractivity contribution in [2.75, 3.05) is 24.5 Å². The third-order valence-corrected chi connectivity index (χ3v) is 4.24. The minimum absolute atomic E-state index is 0.250. The van der Waals surface area contributed by atoms with Gasteiger partial charge >= 0.3 is 0 Å². The van der Waals surface area contributed by atoms with Crippen LogP contribution in [0.2, 0.25) is 0 Å². The van der Waals surface area contributed by atoms with E-state index in [0.29, 0.717) is 24.3 Å². The van der Waals surface area contributed by atoms with Gasteiger partial charge in [0, 0.05) is 25.2 Å². The zero-order valence-electron chi connectivity index (χ0n) is 13.7. The minimum Gasteiger partial charge on any atom is -0.356 e. The molecule has 1 aromatic rings. The monoisotopic (exact) mass is 293 g/mol. The average Bonchev–Trinajstić information content (AvgIpc) is 2.88. The number of hydrogen-bond acceptors (Lipinski definition) is 3. The molecule has 2 rings (SSSR count). The van der Waals surface area contributed by atoms with E-state index in [1.54, 1.807) is 6.07 Å². The van der Waals surface area contributed by atoms with Crippen molar-refractivity contribution in [3.05, 3.63) is 23.6 Å². The molecule has 1 saturated heterocycles. The van der Waals surface area contributed by atoms with E-state index in [-0.39, 0.29) is 5.82 Å². The van der Waals surface area contributed by atoms with E-state index in [0.717, 1.165) is 31.0 Å². The number of nitrogens with zero attached hydrogens (tertiary/aromatic N) is 2. The molecule has 0 aromatic carbocycles. The van der Waals surface area contributed by atoms with E-state index in [9.17, 15) is 4.39 Å². The minimum atomic E-state index is -0.250. The number of pyridine rings is 1. The first-order valence-electron chi connectivity index (χ1n) is 8.07. The first kappa shape index (κ1) is 16.2. The summed E-state index contributed by atoms with van der Waals surface area (Å²) in [5.74, 6) is 2.70. The molecule has 0 saturated carbocycles. The summed E-state index contributed by atoms with van der Waals surface area (Å²) in [5.41, 5.74) is 0.972. The number of hydrogen-bond donors (Lipinski definition) is 1. The molecule has 118 valence electrons. The summed E-state index contributed by atoms with van der Waals surface area (Å²) in [4.78, 5) is 6.68. The zero-order chi connectivity index (χ0) is 15.4. The maximum absolute atomic E-state index is 13.5. The molecular weight excluding hydrogens is 265 g/mol. The predicted molar refractivity (Wildman–Crippen MR) is 85.9 cm³/mol. The molecule has 1 unspecified atom stereocenters. The maximum Gasteiger partial charge on any atom is 0.141 e. The molecule has 0 aliphatic carbocycles. The second-order valence-corrected chi connectivity index (χ2v) is 6.90. The molecule has 1 aromatic heterocycles. The molecular formula is C17H28FN3. The van der Waals surface area contributed by atoms with Crippen LogP contribution in [0.5, 0.6) is 0 Å². The highest BCUT2D eigenvalue weighted by Crippen LogP contribution is 2.29. The van der Waals surface area contributed by atoms with E-state index in [4.69, 9.17) is 0 Å². The molecule has 21 heavy (non-hydrogen) atoms. The van der Waals surface area contributed by atoms with Gasteiger partial charge in [0.25, 0.3) is 0 Å². The third kappa shape index (κ3) is 4.40. The van der Waals surface area contributed by atoms with Gasteiger partial charge in [-0.1, -0.05) is 27.7 Å². The lowest BCUT2D eigenvalue weighted by Gasteiger charge is -2.22. The molecule has 4 heteroatoms. The van der Waals surface area contributed by atoms with Crippen LogP contribution < -0.4 is 10.2 Å². The Labute approximate surface area is 127 Å². The Morgan fingerprint density at radius 2 is 2.14 bits per heavy atom. The first-order chi connectivity index (χ1) is 9.97. The lowest BCUT2D eigenvalue weighted by molar-refractivity contribution is 0.422. The Kier molecular flexibility index (Phi) is 5.57. The molecule has 0 spiro atoms. The van der Waals surface area contributed by atoms with Crippen molar-refractivity contribution < 1.29 is 4.39 Å². The number of aromatic nitrogens is 1. The molecule has 1 atom stereocenters. The molecule has 2 heterocycles. The van der Waals surface area contributed by atoms with Gasteiger partial charge in [0.1, 0.15) is 11.6 Å². The van der Waals surface area contributed by atoms with Crippen molar-refractivity contribution >= 4 is 5.82 Å². The van der Waals surface area contributed by atoms with E-state index < -0.39 is 0 Å². The van der Waals surface area contributed by atoms with Gasteiger partial charge in [-0.15, -0.1) is 0 Å². The fraction of sp³-hybridized carbons (Fsp3) is 0.706. The summed E-state index contributed by atoms with van der Waals surface area (Å²) in [6, 6.07) is 1.62. The molecule has 3 nitrogen and oxygen atoms in total. The van der Waals surface area contributed by atoms with Gasteiger partial charge in [0.2, 0.25) is 0 Å². The number of anilines is 1. The SMILES string of the molecule is CC(C)CNCc1cc(F)cnc1N1CCC(C(C)C)C1. The summed E-state index contributed by atoms with van der Waals surface area (Å²) in [6.07, 6.45) is 2.54. The van der Waals surface area contributed by atoms with Gasteiger partial charge in [-0.05, 0) is 36.8 Å². The van der Waals surface area contributed by atoms with Gasteiger partial charge in [-0.25, -0.2) is 9.37 Å². The van der Waals surface area contributed by atoms with Crippen LogP contribution in [-0.2, 0) is 6.54 Å². The molecule has 0 bridgehead atoms. The number of nitrogens with one attached hydrogen (secondary N) is 1. The second kappa shape index (κ2) is 7.21. The normalized spacial score (nSPS) is 19.0. The average molecular weight is 293 g/mol. The smallest absolute Gasteiger partial charge is 0.141 e. The Morgan fingerprint density at radius 3 is 2.76 bits per heavy atom. The number of halogens is 1. The molecule has 1 aliphatic heterocycles. The highest BCUT2D eigenvalue weighted by molar-refractivity contribution is 5.48. The van der Waals surface area contributed by atoms with Gasteiger partial charge < -0.3 is 10.2 Å². The summed E-state index contributed by atoms with van der Waals surface area (Å²) in [5, 5.41) is 3.39. The third-order valence-electron chi connectivity index (χ3n) is 4.24. The maximum atomic E-state index is 13.5. The molecule has 1 fully saturated rings. The lowest BCUT2D eigenvalue weighted by atomic mass is 9.95. The van der Waals surface area contributed by atoms with Crippen LogP contribution >= 0.6 is 0 Å². The van der Waals surface area contributed by atoms with E-state index in [2.05, 4.69) is 42.9 Å². The molecule has 0 amide bonds. The molecule has 1 aliphatic rings. The summed E-state index contributed by atoms with van der Waals surface area (Å²) in [6.45, 7) is 12.6. The van der Waals surface area contributed by atoms with Crippen molar-refractivity contribution in [3.63, 3.8) is 0 Å². The zero-order valence-corrected chi connectivity index (χ0v) is 13.7. The summed E-state index contributed by atoms with van der Waals surface area (Å²) in [7, 11) is 0. The van der Waals surface area contributed by atoms with Crippen LogP contribution in [0.4, 0.5) is 10.2 Å². The van der Waals surface area contributed by atoms with Gasteiger partial charge in [0.15, 0.2) is 0 Å². The van der Waals surface area contributed by atoms with Crippen molar-refractivity contribution in [2.24, 2.45) is 17.8 Å². The molecule has 1 N–H and O–H groups in total. The topological polar surface area (TPSA) is 28.2 Å². The Balaban J connectivity index is 2.08. The standard InChI is InChI=1S/C17H28FN3/c1-12(2)8-19-9-15-7-16(18)10-20-17(15)21-6-5-14(11-21)13(3)4/h7,10,12-14,19H,5-6,8-9,11H2,1-4H3. The fourth-order valence-electron chi connectivity index (χ4n) is 2.91. The molecule has 0 radical (unpaired) electrons. The highest BCUT2D eigenvalue weighted by Gasteiger charge is 2.27. The predicted octanol–water partition coefficient (Wildman–Crippen LogP) is 3.45. The van der Waals surface area contributed by atoms with Crippen molar-refractivity contribution in [2.45, 2.75) is 40.7 Å². The van der Waals surface area contributed by atoms with Crippen molar-refractivity contribution in [3.8, 4) is 0 Å². The van der Waals surface area contributed by atoms with E-state index in [1.165, 1.54) is 12.6 Å². The Hall–Kier alpha value is -1.16. The quantitative estimate of drug-likeness (QED) is 0.871. The van der Waals surface area contributed by atoms with Gasteiger partial charge in [0.05, 0.1) is 6.20 Å². The van der Waals surface area contributed by atoms with Crippen LogP contribution in [0.15, 0.2) is 12.3 Å². The van der Waals surface area contributed by atoms with Crippen molar-refractivity contribution in [1.29, 1.82) is 0 Å². The highest BCUT2D eigenvalue weighted by atomic mass is 19.1. The summed E-state index contributed by atoms with van der Waals surface area (Å²) < 4.78 is 13.5. The van der Waals surface area contributed by atoms with E-state index in [1.807, 2.05) is 0 Å². The fourth-order valence-corrected chi connectivity index (χ4v) is 2.91. The Bertz CT molecular complexity index is 459. The second-order valence-electron chi connectivity index (χ2n) is 6.90. The van der Waals surface area contributed by atoms with Crippen LogP contribution in [0, 0.1) is 23.6 Å². The first-order valence-corrected chi connectivity index (χ1v) is 8.07.